The van der Waals surface area contributed by atoms with E-state index in [0.717, 1.165) is 32.4 Å². The summed E-state index contributed by atoms with van der Waals surface area (Å²) in [6, 6.07) is 0. The van der Waals surface area contributed by atoms with Crippen LogP contribution in [0.15, 0.2) is 0 Å². The molecule has 0 spiro atoms. The standard InChI is InChI=1S/C14H28N2O2/c1-13(2,3)18-12(17)16-10-7-8-14(4,9-11-16)15(5)6/h7-11H2,1-6H3. The van der Waals surface area contributed by atoms with Gasteiger partial charge in [-0.1, -0.05) is 0 Å². The smallest absolute Gasteiger partial charge is 0.410 e. The molecule has 0 aromatic heterocycles. The van der Waals surface area contributed by atoms with Gasteiger partial charge in [-0.05, 0) is 61.1 Å². The minimum absolute atomic E-state index is 0.175. The summed E-state index contributed by atoms with van der Waals surface area (Å²) in [7, 11) is 4.23. The molecule has 0 radical (unpaired) electrons. The van der Waals surface area contributed by atoms with Crippen LogP contribution in [0.4, 0.5) is 4.79 Å². The van der Waals surface area contributed by atoms with Crippen LogP contribution in [-0.2, 0) is 4.74 Å². The molecule has 0 aromatic rings. The van der Waals surface area contributed by atoms with Crippen molar-refractivity contribution in [2.24, 2.45) is 0 Å². The number of ether oxygens (including phenoxy) is 1. The van der Waals surface area contributed by atoms with E-state index in [1.165, 1.54) is 0 Å². The highest BCUT2D eigenvalue weighted by Gasteiger charge is 2.32. The number of hydrogen-bond acceptors (Lipinski definition) is 3. The van der Waals surface area contributed by atoms with Crippen LogP contribution in [0.2, 0.25) is 0 Å². The highest BCUT2D eigenvalue weighted by Crippen LogP contribution is 2.27. The van der Waals surface area contributed by atoms with Crippen molar-refractivity contribution in [3.8, 4) is 0 Å². The van der Waals surface area contributed by atoms with Gasteiger partial charge in [0.05, 0.1) is 0 Å². The average Bonchev–Trinajstić information content (AvgIpc) is 2.38. The van der Waals surface area contributed by atoms with Crippen molar-refractivity contribution in [3.05, 3.63) is 0 Å². The lowest BCUT2D eigenvalue weighted by atomic mass is 9.92. The van der Waals surface area contributed by atoms with Gasteiger partial charge in [0.2, 0.25) is 0 Å². The van der Waals surface area contributed by atoms with Crippen molar-refractivity contribution in [3.63, 3.8) is 0 Å². The van der Waals surface area contributed by atoms with Gasteiger partial charge < -0.3 is 14.5 Å². The molecule has 0 aromatic carbocycles. The molecule has 1 heterocycles. The maximum absolute atomic E-state index is 12.0. The first-order chi connectivity index (χ1) is 8.14. The number of nitrogens with zero attached hydrogens (tertiary/aromatic N) is 2. The van der Waals surface area contributed by atoms with Crippen LogP contribution in [0.3, 0.4) is 0 Å². The summed E-state index contributed by atoms with van der Waals surface area (Å²) in [4.78, 5) is 16.2. The number of amides is 1. The molecule has 4 heteroatoms. The maximum atomic E-state index is 12.0. The fraction of sp³-hybridized carbons (Fsp3) is 0.929. The summed E-state index contributed by atoms with van der Waals surface area (Å²) < 4.78 is 5.43. The normalized spacial score (nSPS) is 26.1. The third kappa shape index (κ3) is 4.16. The molecular weight excluding hydrogens is 228 g/mol. The lowest BCUT2D eigenvalue weighted by molar-refractivity contribution is 0.0248. The third-order valence-electron chi connectivity index (χ3n) is 3.80. The molecule has 0 saturated carbocycles. The van der Waals surface area contributed by atoms with Crippen LogP contribution in [-0.4, -0.2) is 54.2 Å². The molecule has 1 fully saturated rings. The number of carbonyl (C=O) groups is 1. The molecule has 1 atom stereocenters. The molecule has 0 aliphatic carbocycles. The summed E-state index contributed by atoms with van der Waals surface area (Å²) in [5, 5.41) is 0. The Bertz CT molecular complexity index is 297. The van der Waals surface area contributed by atoms with E-state index in [2.05, 4.69) is 25.9 Å². The number of likely N-dealkylation sites (tertiary alicyclic amines) is 1. The summed E-state index contributed by atoms with van der Waals surface area (Å²) in [5.74, 6) is 0. The second-order valence-corrected chi connectivity index (χ2v) is 6.71. The minimum atomic E-state index is -0.408. The predicted molar refractivity (Wildman–Crippen MR) is 73.8 cm³/mol. The zero-order valence-electron chi connectivity index (χ0n) is 12.7. The fourth-order valence-electron chi connectivity index (χ4n) is 2.22. The lowest BCUT2D eigenvalue weighted by Crippen LogP contribution is -2.43. The van der Waals surface area contributed by atoms with E-state index in [0.29, 0.717) is 0 Å². The monoisotopic (exact) mass is 256 g/mol. The Morgan fingerprint density at radius 2 is 1.83 bits per heavy atom. The van der Waals surface area contributed by atoms with Gasteiger partial charge in [-0.2, -0.15) is 0 Å². The Kier molecular flexibility index (Phi) is 4.65. The molecule has 1 amide bonds. The van der Waals surface area contributed by atoms with E-state index in [1.54, 1.807) is 0 Å². The molecule has 1 rings (SSSR count). The quantitative estimate of drug-likeness (QED) is 0.723. The highest BCUT2D eigenvalue weighted by molar-refractivity contribution is 5.68. The molecule has 0 N–H and O–H groups in total. The van der Waals surface area contributed by atoms with E-state index in [1.807, 2.05) is 25.7 Å². The molecule has 1 aliphatic rings. The molecular formula is C14H28N2O2. The van der Waals surface area contributed by atoms with Gasteiger partial charge in [0.25, 0.3) is 0 Å². The molecule has 4 nitrogen and oxygen atoms in total. The molecule has 0 bridgehead atoms. The first-order valence-corrected chi connectivity index (χ1v) is 6.79. The lowest BCUT2D eigenvalue weighted by Gasteiger charge is -2.35. The molecule has 1 unspecified atom stereocenters. The van der Waals surface area contributed by atoms with Gasteiger partial charge in [0, 0.05) is 18.6 Å². The zero-order valence-corrected chi connectivity index (χ0v) is 12.7. The van der Waals surface area contributed by atoms with Crippen molar-refractivity contribution < 1.29 is 9.53 Å². The van der Waals surface area contributed by atoms with Crippen LogP contribution >= 0.6 is 0 Å². The molecule has 1 saturated heterocycles. The van der Waals surface area contributed by atoms with Crippen molar-refractivity contribution >= 4 is 6.09 Å². The largest absolute Gasteiger partial charge is 0.444 e. The molecule has 18 heavy (non-hydrogen) atoms. The van der Waals surface area contributed by atoms with Gasteiger partial charge >= 0.3 is 6.09 Å². The van der Waals surface area contributed by atoms with Crippen molar-refractivity contribution in [1.29, 1.82) is 0 Å². The first kappa shape index (κ1) is 15.3. The van der Waals surface area contributed by atoms with Gasteiger partial charge in [0.15, 0.2) is 0 Å². The predicted octanol–water partition coefficient (Wildman–Crippen LogP) is 2.73. The van der Waals surface area contributed by atoms with Crippen molar-refractivity contribution in [2.75, 3.05) is 27.2 Å². The van der Waals surface area contributed by atoms with Gasteiger partial charge in [-0.3, -0.25) is 0 Å². The minimum Gasteiger partial charge on any atom is -0.444 e. The van der Waals surface area contributed by atoms with Gasteiger partial charge in [-0.15, -0.1) is 0 Å². The van der Waals surface area contributed by atoms with Gasteiger partial charge in [0.1, 0.15) is 5.60 Å². The Morgan fingerprint density at radius 3 is 2.33 bits per heavy atom. The third-order valence-corrected chi connectivity index (χ3v) is 3.80. The second-order valence-electron chi connectivity index (χ2n) is 6.71. The van der Waals surface area contributed by atoms with Crippen molar-refractivity contribution in [1.82, 2.24) is 9.80 Å². The van der Waals surface area contributed by atoms with Crippen LogP contribution in [0, 0.1) is 0 Å². The number of rotatable bonds is 1. The summed E-state index contributed by atoms with van der Waals surface area (Å²) >= 11 is 0. The van der Waals surface area contributed by atoms with E-state index in [-0.39, 0.29) is 11.6 Å². The Morgan fingerprint density at radius 1 is 1.22 bits per heavy atom. The van der Waals surface area contributed by atoms with Crippen LogP contribution in [0.25, 0.3) is 0 Å². The summed E-state index contributed by atoms with van der Waals surface area (Å²) in [6.45, 7) is 9.58. The van der Waals surface area contributed by atoms with Crippen LogP contribution < -0.4 is 0 Å². The fourth-order valence-corrected chi connectivity index (χ4v) is 2.22. The number of carbonyl (C=O) groups excluding carboxylic acids is 1. The number of hydrogen-bond donors (Lipinski definition) is 0. The van der Waals surface area contributed by atoms with E-state index in [4.69, 9.17) is 4.74 Å². The Balaban J connectivity index is 2.60. The highest BCUT2D eigenvalue weighted by atomic mass is 16.6. The Labute approximate surface area is 111 Å². The van der Waals surface area contributed by atoms with Crippen LogP contribution in [0.1, 0.15) is 47.0 Å². The second kappa shape index (κ2) is 5.47. The maximum Gasteiger partial charge on any atom is 0.410 e. The van der Waals surface area contributed by atoms with E-state index < -0.39 is 5.60 Å². The SMILES string of the molecule is CN(C)C1(C)CCCN(C(=O)OC(C)(C)C)CC1. The van der Waals surface area contributed by atoms with Crippen LogP contribution in [0.5, 0.6) is 0 Å². The van der Waals surface area contributed by atoms with E-state index in [9.17, 15) is 4.79 Å². The molecule has 106 valence electrons. The summed E-state index contributed by atoms with van der Waals surface area (Å²) in [5.41, 5.74) is -0.217. The summed E-state index contributed by atoms with van der Waals surface area (Å²) in [6.07, 6.45) is 2.98. The van der Waals surface area contributed by atoms with Gasteiger partial charge in [-0.25, -0.2) is 4.79 Å². The van der Waals surface area contributed by atoms with E-state index >= 15 is 0 Å². The zero-order chi connectivity index (χ0) is 14.0. The first-order valence-electron chi connectivity index (χ1n) is 6.79. The Hall–Kier alpha value is -0.770. The molecule has 1 aliphatic heterocycles. The average molecular weight is 256 g/mol. The van der Waals surface area contributed by atoms with Crippen molar-refractivity contribution in [2.45, 2.75) is 58.1 Å². The topological polar surface area (TPSA) is 32.8 Å².